The predicted molar refractivity (Wildman–Crippen MR) is 67.9 cm³/mol. The minimum absolute atomic E-state index is 0.0367. The molecule has 7 heteroatoms. The van der Waals surface area contributed by atoms with Crippen molar-refractivity contribution in [1.29, 1.82) is 0 Å². The molecule has 0 bridgehead atoms. The second-order valence-corrected chi connectivity index (χ2v) is 5.83. The molecular formula is C9H14BrN3O2S. The molecule has 0 saturated heterocycles. The number of pyridine rings is 1. The molecule has 0 radical (unpaired) electrons. The molecule has 0 aliphatic carbocycles. The van der Waals surface area contributed by atoms with E-state index in [1.807, 2.05) is 6.07 Å². The van der Waals surface area contributed by atoms with Gasteiger partial charge >= 0.3 is 0 Å². The van der Waals surface area contributed by atoms with Crippen LogP contribution in [0.15, 0.2) is 22.8 Å². The van der Waals surface area contributed by atoms with E-state index in [2.05, 4.69) is 31.0 Å². The van der Waals surface area contributed by atoms with Gasteiger partial charge in [-0.1, -0.05) is 13.0 Å². The summed E-state index contributed by atoms with van der Waals surface area (Å²) in [5, 5.41) is 2.94. The normalized spacial score (nSPS) is 11.4. The van der Waals surface area contributed by atoms with Crippen molar-refractivity contribution in [2.24, 2.45) is 0 Å². The van der Waals surface area contributed by atoms with Crippen molar-refractivity contribution >= 4 is 31.8 Å². The van der Waals surface area contributed by atoms with Gasteiger partial charge in [0.2, 0.25) is 10.0 Å². The molecular weight excluding hydrogens is 294 g/mol. The number of hydrogen-bond acceptors (Lipinski definition) is 4. The van der Waals surface area contributed by atoms with Gasteiger partial charge in [-0.05, 0) is 28.1 Å². The van der Waals surface area contributed by atoms with E-state index in [9.17, 15) is 8.42 Å². The molecule has 0 aliphatic heterocycles. The average molecular weight is 308 g/mol. The van der Waals surface area contributed by atoms with Crippen molar-refractivity contribution in [3.8, 4) is 0 Å². The highest BCUT2D eigenvalue weighted by Crippen LogP contribution is 2.09. The van der Waals surface area contributed by atoms with E-state index in [0.717, 1.165) is 0 Å². The molecule has 0 aliphatic rings. The molecule has 1 aromatic heterocycles. The van der Waals surface area contributed by atoms with E-state index >= 15 is 0 Å². The first-order chi connectivity index (χ1) is 7.53. The molecule has 0 unspecified atom stereocenters. The summed E-state index contributed by atoms with van der Waals surface area (Å²) in [6, 6.07) is 5.42. The third kappa shape index (κ3) is 4.91. The first kappa shape index (κ1) is 13.4. The molecule has 1 heterocycles. The molecule has 90 valence electrons. The number of halogens is 1. The largest absolute Gasteiger partial charge is 0.369 e. The monoisotopic (exact) mass is 307 g/mol. The van der Waals surface area contributed by atoms with E-state index in [0.29, 0.717) is 23.5 Å². The Morgan fingerprint density at radius 1 is 1.44 bits per heavy atom. The van der Waals surface area contributed by atoms with Crippen LogP contribution in [0.3, 0.4) is 0 Å². The molecule has 0 amide bonds. The molecule has 2 N–H and O–H groups in total. The van der Waals surface area contributed by atoms with Gasteiger partial charge in [0, 0.05) is 13.1 Å². The Labute approximate surface area is 104 Å². The Morgan fingerprint density at radius 2 is 2.19 bits per heavy atom. The Balaban J connectivity index is 2.42. The van der Waals surface area contributed by atoms with Gasteiger partial charge in [0.1, 0.15) is 10.4 Å². The van der Waals surface area contributed by atoms with Crippen LogP contribution < -0.4 is 10.0 Å². The Morgan fingerprint density at radius 3 is 2.81 bits per heavy atom. The van der Waals surface area contributed by atoms with Gasteiger partial charge < -0.3 is 5.32 Å². The third-order valence-corrected chi connectivity index (χ3v) is 3.67. The molecule has 0 saturated carbocycles. The van der Waals surface area contributed by atoms with Crippen molar-refractivity contribution in [2.75, 3.05) is 24.2 Å². The van der Waals surface area contributed by atoms with Crippen molar-refractivity contribution in [1.82, 2.24) is 9.71 Å². The Hall–Kier alpha value is -0.660. The van der Waals surface area contributed by atoms with Crippen LogP contribution in [0.25, 0.3) is 0 Å². The molecule has 5 nitrogen and oxygen atoms in total. The van der Waals surface area contributed by atoms with Gasteiger partial charge in [-0.15, -0.1) is 0 Å². The van der Waals surface area contributed by atoms with Crippen LogP contribution in [0.4, 0.5) is 5.82 Å². The number of rotatable bonds is 6. The van der Waals surface area contributed by atoms with Gasteiger partial charge in [0.25, 0.3) is 0 Å². The highest BCUT2D eigenvalue weighted by atomic mass is 79.9. The first-order valence-electron chi connectivity index (χ1n) is 4.87. The standard InChI is InChI=1S/C9H14BrN3O2S/c1-2-12-16(14,15)7-6-11-9-5-3-4-8(10)13-9/h3-5,12H,2,6-7H2,1H3,(H,11,13). The predicted octanol–water partition coefficient (Wildman–Crippen LogP) is 1.20. The highest BCUT2D eigenvalue weighted by molar-refractivity contribution is 9.10. The van der Waals surface area contributed by atoms with Gasteiger partial charge in [-0.3, -0.25) is 0 Å². The summed E-state index contributed by atoms with van der Waals surface area (Å²) >= 11 is 3.24. The lowest BCUT2D eigenvalue weighted by Gasteiger charge is -2.06. The van der Waals surface area contributed by atoms with Gasteiger partial charge in [0.15, 0.2) is 0 Å². The zero-order valence-electron chi connectivity index (χ0n) is 8.90. The summed E-state index contributed by atoms with van der Waals surface area (Å²) in [7, 11) is -3.16. The topological polar surface area (TPSA) is 71.1 Å². The Kier molecular flexibility index (Phi) is 5.17. The van der Waals surface area contributed by atoms with Crippen molar-refractivity contribution < 1.29 is 8.42 Å². The summed E-state index contributed by atoms with van der Waals surface area (Å²) in [5.41, 5.74) is 0. The third-order valence-electron chi connectivity index (χ3n) is 1.76. The molecule has 1 aromatic rings. The maximum Gasteiger partial charge on any atom is 0.213 e. The fourth-order valence-corrected chi connectivity index (χ4v) is 2.41. The van der Waals surface area contributed by atoms with Crippen LogP contribution in [0, 0.1) is 0 Å². The van der Waals surface area contributed by atoms with Gasteiger partial charge in [-0.25, -0.2) is 18.1 Å². The fraction of sp³-hybridized carbons (Fsp3) is 0.444. The van der Waals surface area contributed by atoms with E-state index in [-0.39, 0.29) is 5.75 Å². The molecule has 1 rings (SSSR count). The summed E-state index contributed by atoms with van der Waals surface area (Å²) in [5.74, 6) is 0.691. The van der Waals surface area contributed by atoms with E-state index in [1.54, 1.807) is 19.1 Å². The zero-order valence-corrected chi connectivity index (χ0v) is 11.3. The number of nitrogens with zero attached hydrogens (tertiary/aromatic N) is 1. The van der Waals surface area contributed by atoms with Gasteiger partial charge in [0.05, 0.1) is 5.75 Å². The molecule has 0 fully saturated rings. The number of anilines is 1. The van der Waals surface area contributed by atoms with Crippen molar-refractivity contribution in [3.05, 3.63) is 22.8 Å². The molecule has 0 aromatic carbocycles. The van der Waals surface area contributed by atoms with E-state index in [4.69, 9.17) is 0 Å². The lowest BCUT2D eigenvalue weighted by atomic mass is 10.4. The number of hydrogen-bond donors (Lipinski definition) is 2. The lowest BCUT2D eigenvalue weighted by molar-refractivity contribution is 0.584. The first-order valence-corrected chi connectivity index (χ1v) is 7.32. The number of aromatic nitrogens is 1. The van der Waals surface area contributed by atoms with Crippen LogP contribution in [-0.2, 0) is 10.0 Å². The van der Waals surface area contributed by atoms with E-state index < -0.39 is 10.0 Å². The van der Waals surface area contributed by atoms with E-state index in [1.165, 1.54) is 0 Å². The minimum Gasteiger partial charge on any atom is -0.369 e. The maximum atomic E-state index is 11.3. The second kappa shape index (κ2) is 6.17. The van der Waals surface area contributed by atoms with Crippen LogP contribution >= 0.6 is 15.9 Å². The lowest BCUT2D eigenvalue weighted by Crippen LogP contribution is -2.29. The summed E-state index contributed by atoms with van der Waals surface area (Å²) in [6.45, 7) is 2.50. The van der Waals surface area contributed by atoms with Crippen LogP contribution in [0.5, 0.6) is 0 Å². The van der Waals surface area contributed by atoms with Gasteiger partial charge in [-0.2, -0.15) is 0 Å². The summed E-state index contributed by atoms with van der Waals surface area (Å²) < 4.78 is 25.8. The molecule has 0 spiro atoms. The smallest absolute Gasteiger partial charge is 0.213 e. The maximum absolute atomic E-state index is 11.3. The van der Waals surface area contributed by atoms with Crippen LogP contribution in [0.2, 0.25) is 0 Å². The number of nitrogens with one attached hydrogen (secondary N) is 2. The number of sulfonamides is 1. The zero-order chi connectivity index (χ0) is 12.0. The Bertz CT molecular complexity index is 436. The second-order valence-electron chi connectivity index (χ2n) is 3.09. The molecule has 16 heavy (non-hydrogen) atoms. The molecule has 0 atom stereocenters. The van der Waals surface area contributed by atoms with Crippen LogP contribution in [-0.4, -0.2) is 32.2 Å². The van der Waals surface area contributed by atoms with Crippen molar-refractivity contribution in [3.63, 3.8) is 0 Å². The summed E-state index contributed by atoms with van der Waals surface area (Å²) in [4.78, 5) is 4.13. The van der Waals surface area contributed by atoms with Crippen molar-refractivity contribution in [2.45, 2.75) is 6.92 Å². The quantitative estimate of drug-likeness (QED) is 0.775. The SMILES string of the molecule is CCNS(=O)(=O)CCNc1cccc(Br)n1. The minimum atomic E-state index is -3.16. The fourth-order valence-electron chi connectivity index (χ4n) is 1.11. The average Bonchev–Trinajstić information content (AvgIpc) is 2.17. The highest BCUT2D eigenvalue weighted by Gasteiger charge is 2.07. The van der Waals surface area contributed by atoms with Crippen LogP contribution in [0.1, 0.15) is 6.92 Å². The summed E-state index contributed by atoms with van der Waals surface area (Å²) in [6.07, 6.45) is 0.